The van der Waals surface area contributed by atoms with E-state index in [-0.39, 0.29) is 5.78 Å². The van der Waals surface area contributed by atoms with Gasteiger partial charge in [-0.15, -0.1) is 0 Å². The Balaban J connectivity index is 1.81. The summed E-state index contributed by atoms with van der Waals surface area (Å²) in [6.07, 6.45) is 5.26. The van der Waals surface area contributed by atoms with Gasteiger partial charge in [0.1, 0.15) is 0 Å². The van der Waals surface area contributed by atoms with E-state index < -0.39 is 0 Å². The quantitative estimate of drug-likeness (QED) is 0.355. The third-order valence-corrected chi connectivity index (χ3v) is 3.58. The number of allylic oxidation sites excluding steroid dienone is 1. The lowest BCUT2D eigenvalue weighted by molar-refractivity contribution is 0.104. The van der Waals surface area contributed by atoms with Gasteiger partial charge in [0, 0.05) is 11.8 Å². The average Bonchev–Trinajstić information content (AvgIpc) is 2.66. The summed E-state index contributed by atoms with van der Waals surface area (Å²) in [6.45, 7) is 0. The van der Waals surface area contributed by atoms with Crippen molar-refractivity contribution in [3.63, 3.8) is 0 Å². The van der Waals surface area contributed by atoms with Gasteiger partial charge in [0.25, 0.3) is 0 Å². The van der Waals surface area contributed by atoms with Crippen LogP contribution in [0.3, 0.4) is 0 Å². The maximum absolute atomic E-state index is 12.2. The Morgan fingerprint density at radius 1 is 0.708 bits per heavy atom. The molecule has 0 fully saturated rings. The highest BCUT2D eigenvalue weighted by atomic mass is 16.1. The fourth-order valence-corrected chi connectivity index (χ4v) is 2.30. The number of carbonyl (C=O) groups is 1. The van der Waals surface area contributed by atoms with Crippen molar-refractivity contribution in [1.29, 1.82) is 0 Å². The van der Waals surface area contributed by atoms with Gasteiger partial charge in [-0.25, -0.2) is 0 Å². The Bertz CT molecular complexity index is 865. The van der Waals surface area contributed by atoms with E-state index in [1.165, 1.54) is 0 Å². The van der Waals surface area contributed by atoms with E-state index in [1.807, 2.05) is 97.2 Å². The fraction of sp³-hybridized carbons (Fsp3) is 0. The van der Waals surface area contributed by atoms with Crippen LogP contribution in [0.2, 0.25) is 0 Å². The largest absolute Gasteiger partial charge is 0.289 e. The van der Waals surface area contributed by atoms with Crippen molar-refractivity contribution in [2.45, 2.75) is 0 Å². The van der Waals surface area contributed by atoms with Gasteiger partial charge in [0.05, 0.1) is 5.69 Å². The summed E-state index contributed by atoms with van der Waals surface area (Å²) >= 11 is 0. The maximum Gasteiger partial charge on any atom is 0.185 e. The van der Waals surface area contributed by atoms with Crippen molar-refractivity contribution in [1.82, 2.24) is 0 Å². The monoisotopic (exact) mass is 311 g/mol. The van der Waals surface area contributed by atoms with Crippen LogP contribution in [-0.4, -0.2) is 12.0 Å². The minimum absolute atomic E-state index is 0.00889. The second-order valence-electron chi connectivity index (χ2n) is 5.29. The Kier molecular flexibility index (Phi) is 5.10. The summed E-state index contributed by atoms with van der Waals surface area (Å²) in [7, 11) is 0. The molecule has 0 unspecified atom stereocenters. The molecule has 0 amide bonds. The van der Waals surface area contributed by atoms with Gasteiger partial charge in [0.15, 0.2) is 5.78 Å². The molecule has 0 N–H and O–H groups in total. The van der Waals surface area contributed by atoms with E-state index in [4.69, 9.17) is 0 Å². The highest BCUT2D eigenvalue weighted by molar-refractivity contribution is 6.07. The van der Waals surface area contributed by atoms with Crippen LogP contribution in [-0.2, 0) is 0 Å². The van der Waals surface area contributed by atoms with E-state index in [0.29, 0.717) is 5.56 Å². The SMILES string of the molecule is O=C(/C=C/c1ccccc1C=Nc1ccccc1)c1ccccc1. The van der Waals surface area contributed by atoms with Gasteiger partial charge in [-0.05, 0) is 29.3 Å². The molecule has 3 aromatic carbocycles. The number of para-hydroxylation sites is 1. The number of carbonyl (C=O) groups excluding carboxylic acids is 1. The third kappa shape index (κ3) is 4.14. The van der Waals surface area contributed by atoms with Crippen LogP contribution >= 0.6 is 0 Å². The molecule has 0 saturated carbocycles. The van der Waals surface area contributed by atoms with Gasteiger partial charge in [-0.1, -0.05) is 78.9 Å². The maximum atomic E-state index is 12.2. The molecule has 24 heavy (non-hydrogen) atoms. The number of rotatable bonds is 5. The van der Waals surface area contributed by atoms with Gasteiger partial charge < -0.3 is 0 Å². The average molecular weight is 311 g/mol. The van der Waals surface area contributed by atoms with Gasteiger partial charge >= 0.3 is 0 Å². The highest BCUT2D eigenvalue weighted by Gasteiger charge is 2.01. The van der Waals surface area contributed by atoms with Gasteiger partial charge in [0.2, 0.25) is 0 Å². The highest BCUT2D eigenvalue weighted by Crippen LogP contribution is 2.13. The van der Waals surface area contributed by atoms with Gasteiger partial charge in [-0.3, -0.25) is 9.79 Å². The number of ketones is 1. The van der Waals surface area contributed by atoms with Crippen molar-refractivity contribution in [3.8, 4) is 0 Å². The Morgan fingerprint density at radius 2 is 1.29 bits per heavy atom. The van der Waals surface area contributed by atoms with E-state index in [9.17, 15) is 4.79 Å². The van der Waals surface area contributed by atoms with Crippen molar-refractivity contribution in [3.05, 3.63) is 108 Å². The summed E-state index contributed by atoms with van der Waals surface area (Å²) in [5, 5.41) is 0. The lowest BCUT2D eigenvalue weighted by Gasteiger charge is -2.00. The zero-order valence-electron chi connectivity index (χ0n) is 13.2. The first kappa shape index (κ1) is 15.6. The molecule has 0 radical (unpaired) electrons. The Morgan fingerprint density at radius 3 is 2.00 bits per heavy atom. The first-order chi connectivity index (χ1) is 11.8. The van der Waals surface area contributed by atoms with Crippen molar-refractivity contribution in [2.24, 2.45) is 4.99 Å². The van der Waals surface area contributed by atoms with Crippen LogP contribution < -0.4 is 0 Å². The molecule has 0 spiro atoms. The second kappa shape index (κ2) is 7.84. The minimum Gasteiger partial charge on any atom is -0.289 e. The Labute approximate surface area is 141 Å². The van der Waals surface area contributed by atoms with E-state index in [1.54, 1.807) is 6.08 Å². The molecule has 0 bridgehead atoms. The predicted octanol–water partition coefficient (Wildman–Crippen LogP) is 5.33. The normalized spacial score (nSPS) is 11.2. The summed E-state index contributed by atoms with van der Waals surface area (Å²) in [6, 6.07) is 26.9. The number of aliphatic imine (C=N–C) groups is 1. The minimum atomic E-state index is -0.00889. The zero-order valence-corrected chi connectivity index (χ0v) is 13.2. The molecule has 0 aliphatic rings. The molecule has 2 heteroatoms. The number of benzene rings is 3. The van der Waals surface area contributed by atoms with Crippen molar-refractivity contribution >= 4 is 23.8 Å². The molecule has 0 aliphatic heterocycles. The molecule has 0 atom stereocenters. The lowest BCUT2D eigenvalue weighted by Crippen LogP contribution is -1.93. The first-order valence-electron chi connectivity index (χ1n) is 7.78. The number of hydrogen-bond acceptors (Lipinski definition) is 2. The van der Waals surface area contributed by atoms with Crippen LogP contribution in [0.4, 0.5) is 5.69 Å². The van der Waals surface area contributed by atoms with E-state index >= 15 is 0 Å². The molecular weight excluding hydrogens is 294 g/mol. The molecule has 116 valence electrons. The van der Waals surface area contributed by atoms with Crippen LogP contribution in [0.25, 0.3) is 6.08 Å². The van der Waals surface area contributed by atoms with Crippen LogP contribution in [0, 0.1) is 0 Å². The van der Waals surface area contributed by atoms with Gasteiger partial charge in [-0.2, -0.15) is 0 Å². The predicted molar refractivity (Wildman–Crippen MR) is 99.9 cm³/mol. The summed E-state index contributed by atoms with van der Waals surface area (Å²) < 4.78 is 0. The first-order valence-corrected chi connectivity index (χ1v) is 7.78. The summed E-state index contributed by atoms with van der Waals surface area (Å²) in [5.41, 5.74) is 3.51. The van der Waals surface area contributed by atoms with Crippen molar-refractivity contribution < 1.29 is 4.79 Å². The van der Waals surface area contributed by atoms with Crippen molar-refractivity contribution in [2.75, 3.05) is 0 Å². The topological polar surface area (TPSA) is 29.4 Å². The summed E-state index contributed by atoms with van der Waals surface area (Å²) in [4.78, 5) is 16.7. The molecule has 0 saturated heterocycles. The zero-order chi connectivity index (χ0) is 16.6. The van der Waals surface area contributed by atoms with Crippen LogP contribution in [0.5, 0.6) is 0 Å². The number of nitrogens with zero attached hydrogens (tertiary/aromatic N) is 1. The van der Waals surface area contributed by atoms with E-state index in [2.05, 4.69) is 4.99 Å². The molecular formula is C22H17NO. The molecule has 3 rings (SSSR count). The Hall–Kier alpha value is -3.26. The molecule has 0 aromatic heterocycles. The lowest BCUT2D eigenvalue weighted by atomic mass is 10.1. The standard InChI is InChI=1S/C22H17NO/c24-22(19-10-3-1-4-11-19)16-15-18-9-7-8-12-20(18)17-23-21-13-5-2-6-14-21/h1-17H/b16-15+,23-17?. The van der Waals surface area contributed by atoms with Crippen LogP contribution in [0.15, 0.2) is 96.0 Å². The molecule has 3 aromatic rings. The van der Waals surface area contributed by atoms with E-state index in [0.717, 1.165) is 16.8 Å². The fourth-order valence-electron chi connectivity index (χ4n) is 2.30. The molecule has 0 heterocycles. The smallest absolute Gasteiger partial charge is 0.185 e. The number of hydrogen-bond donors (Lipinski definition) is 0. The third-order valence-electron chi connectivity index (χ3n) is 3.58. The molecule has 0 aliphatic carbocycles. The van der Waals surface area contributed by atoms with Crippen LogP contribution in [0.1, 0.15) is 21.5 Å². The second-order valence-corrected chi connectivity index (χ2v) is 5.29. The summed E-state index contributed by atoms with van der Waals surface area (Å²) in [5.74, 6) is -0.00889. The molecule has 2 nitrogen and oxygen atoms in total.